The van der Waals surface area contributed by atoms with Crippen LogP contribution in [0.4, 0.5) is 13.2 Å². The maximum absolute atomic E-state index is 11.8. The van der Waals surface area contributed by atoms with Gasteiger partial charge in [0.25, 0.3) is 5.91 Å². The Morgan fingerprint density at radius 1 is 1.11 bits per heavy atom. The van der Waals surface area contributed by atoms with E-state index in [1.165, 1.54) is 24.3 Å². The average molecular weight is 275 g/mol. The topological polar surface area (TPSA) is 84.2 Å². The SMILES string of the molecule is NC(=O)c1ccc(C(=O)NNCCC(F)(F)F)cc1. The smallest absolute Gasteiger partial charge is 0.366 e. The van der Waals surface area contributed by atoms with Gasteiger partial charge in [0.15, 0.2) is 0 Å². The molecule has 0 fully saturated rings. The van der Waals surface area contributed by atoms with Gasteiger partial charge in [0.05, 0.1) is 6.42 Å². The molecule has 0 atom stereocenters. The molecule has 0 unspecified atom stereocenters. The van der Waals surface area contributed by atoms with Gasteiger partial charge < -0.3 is 5.73 Å². The molecule has 1 aromatic rings. The number of hydrogen-bond acceptors (Lipinski definition) is 3. The number of nitrogens with two attached hydrogens (primary N) is 1. The molecule has 1 aromatic carbocycles. The highest BCUT2D eigenvalue weighted by atomic mass is 19.4. The van der Waals surface area contributed by atoms with E-state index in [1.54, 1.807) is 0 Å². The molecule has 5 nitrogen and oxygen atoms in total. The first-order valence-electron chi connectivity index (χ1n) is 5.29. The zero-order valence-electron chi connectivity index (χ0n) is 9.75. The first-order valence-corrected chi connectivity index (χ1v) is 5.29. The highest BCUT2D eigenvalue weighted by Gasteiger charge is 2.26. The van der Waals surface area contributed by atoms with Crippen molar-refractivity contribution in [3.8, 4) is 0 Å². The van der Waals surface area contributed by atoms with Gasteiger partial charge in [0.1, 0.15) is 0 Å². The quantitative estimate of drug-likeness (QED) is 0.553. The summed E-state index contributed by atoms with van der Waals surface area (Å²) in [5, 5.41) is 0. The minimum Gasteiger partial charge on any atom is -0.366 e. The van der Waals surface area contributed by atoms with Gasteiger partial charge in [-0.15, -0.1) is 0 Å². The number of amides is 2. The summed E-state index contributed by atoms with van der Waals surface area (Å²) in [6, 6.07) is 5.40. The average Bonchev–Trinajstić information content (AvgIpc) is 2.33. The third-order valence-corrected chi connectivity index (χ3v) is 2.17. The van der Waals surface area contributed by atoms with E-state index in [2.05, 4.69) is 10.9 Å². The minimum absolute atomic E-state index is 0.199. The number of nitrogens with one attached hydrogen (secondary N) is 2. The molecule has 0 saturated heterocycles. The molecule has 0 aromatic heterocycles. The van der Waals surface area contributed by atoms with Gasteiger partial charge in [-0.25, -0.2) is 5.43 Å². The van der Waals surface area contributed by atoms with Gasteiger partial charge in [-0.05, 0) is 24.3 Å². The van der Waals surface area contributed by atoms with Crippen LogP contribution in [0.25, 0.3) is 0 Å². The first-order chi connectivity index (χ1) is 8.79. The number of carbonyl (C=O) groups excluding carboxylic acids is 2. The number of benzene rings is 1. The molecular weight excluding hydrogens is 263 g/mol. The zero-order chi connectivity index (χ0) is 14.5. The second-order valence-corrected chi connectivity index (χ2v) is 3.69. The summed E-state index contributed by atoms with van der Waals surface area (Å²) in [4.78, 5) is 22.3. The monoisotopic (exact) mass is 275 g/mol. The van der Waals surface area contributed by atoms with Crippen LogP contribution in [-0.2, 0) is 0 Å². The number of rotatable bonds is 5. The van der Waals surface area contributed by atoms with Gasteiger partial charge in [-0.2, -0.15) is 13.2 Å². The van der Waals surface area contributed by atoms with Crippen LogP contribution in [-0.4, -0.2) is 24.5 Å². The van der Waals surface area contributed by atoms with Gasteiger partial charge in [0, 0.05) is 17.7 Å². The van der Waals surface area contributed by atoms with Crippen LogP contribution in [0.2, 0.25) is 0 Å². The van der Waals surface area contributed by atoms with Gasteiger partial charge in [-0.3, -0.25) is 15.0 Å². The Bertz CT molecular complexity index is 457. The molecule has 0 saturated carbocycles. The molecule has 0 aliphatic rings. The Labute approximate surface area is 106 Å². The van der Waals surface area contributed by atoms with Crippen molar-refractivity contribution >= 4 is 11.8 Å². The summed E-state index contributed by atoms with van der Waals surface area (Å²) in [5.74, 6) is -1.23. The predicted molar refractivity (Wildman–Crippen MR) is 61.1 cm³/mol. The van der Waals surface area contributed by atoms with Crippen LogP contribution in [0, 0.1) is 0 Å². The van der Waals surface area contributed by atoms with Crippen molar-refractivity contribution in [3.05, 3.63) is 35.4 Å². The van der Waals surface area contributed by atoms with Crippen LogP contribution >= 0.6 is 0 Å². The fourth-order valence-electron chi connectivity index (χ4n) is 1.21. The predicted octanol–water partition coefficient (Wildman–Crippen LogP) is 0.972. The van der Waals surface area contributed by atoms with Crippen molar-refractivity contribution in [2.75, 3.05) is 6.54 Å². The lowest BCUT2D eigenvalue weighted by atomic mass is 10.1. The molecule has 1 rings (SSSR count). The summed E-state index contributed by atoms with van der Waals surface area (Å²) >= 11 is 0. The van der Waals surface area contributed by atoms with E-state index in [-0.39, 0.29) is 11.1 Å². The molecule has 104 valence electrons. The summed E-state index contributed by atoms with van der Waals surface area (Å²) in [6.45, 7) is -0.422. The molecule has 0 aliphatic carbocycles. The first kappa shape index (κ1) is 15.0. The lowest BCUT2D eigenvalue weighted by molar-refractivity contribution is -0.133. The minimum atomic E-state index is -4.28. The maximum atomic E-state index is 11.8. The van der Waals surface area contributed by atoms with Gasteiger partial charge in [-0.1, -0.05) is 0 Å². The highest BCUT2D eigenvalue weighted by molar-refractivity contribution is 5.96. The van der Waals surface area contributed by atoms with Crippen molar-refractivity contribution in [2.45, 2.75) is 12.6 Å². The van der Waals surface area contributed by atoms with Crippen LogP contribution in [0.15, 0.2) is 24.3 Å². The van der Waals surface area contributed by atoms with E-state index >= 15 is 0 Å². The fourth-order valence-corrected chi connectivity index (χ4v) is 1.21. The van der Waals surface area contributed by atoms with E-state index in [0.29, 0.717) is 0 Å². The molecule has 4 N–H and O–H groups in total. The second-order valence-electron chi connectivity index (χ2n) is 3.69. The largest absolute Gasteiger partial charge is 0.390 e. The zero-order valence-corrected chi connectivity index (χ0v) is 9.75. The molecule has 2 amide bonds. The number of hydrazine groups is 1. The van der Waals surface area contributed by atoms with E-state index in [0.717, 1.165) is 0 Å². The Balaban J connectivity index is 2.43. The van der Waals surface area contributed by atoms with E-state index in [9.17, 15) is 22.8 Å². The van der Waals surface area contributed by atoms with Crippen LogP contribution in [0.5, 0.6) is 0 Å². The van der Waals surface area contributed by atoms with Crippen molar-refractivity contribution < 1.29 is 22.8 Å². The Morgan fingerprint density at radius 3 is 2.11 bits per heavy atom. The Hall–Kier alpha value is -2.09. The standard InChI is InChI=1S/C11H12F3N3O2/c12-11(13,14)5-6-16-17-10(19)8-3-1-7(2-4-8)9(15)18/h1-4,16H,5-6H2,(H2,15,18)(H,17,19). The molecule has 8 heteroatoms. The molecule has 0 bridgehead atoms. The lowest BCUT2D eigenvalue weighted by Crippen LogP contribution is -2.39. The van der Waals surface area contributed by atoms with Crippen molar-refractivity contribution in [3.63, 3.8) is 0 Å². The van der Waals surface area contributed by atoms with E-state index in [4.69, 9.17) is 5.73 Å². The molecule has 0 radical (unpaired) electrons. The molecule has 19 heavy (non-hydrogen) atoms. The van der Waals surface area contributed by atoms with E-state index < -0.39 is 31.0 Å². The number of alkyl halides is 3. The van der Waals surface area contributed by atoms with Crippen LogP contribution < -0.4 is 16.6 Å². The van der Waals surface area contributed by atoms with Gasteiger partial charge in [0.2, 0.25) is 5.91 Å². The molecule has 0 spiro atoms. The number of halogens is 3. The fraction of sp³-hybridized carbons (Fsp3) is 0.273. The van der Waals surface area contributed by atoms with Crippen molar-refractivity contribution in [1.82, 2.24) is 10.9 Å². The van der Waals surface area contributed by atoms with Crippen molar-refractivity contribution in [2.24, 2.45) is 5.73 Å². The molecular formula is C11H12F3N3O2. The lowest BCUT2D eigenvalue weighted by Gasteiger charge is -2.09. The third-order valence-electron chi connectivity index (χ3n) is 2.17. The summed E-state index contributed by atoms with van der Waals surface area (Å²) < 4.78 is 35.5. The maximum Gasteiger partial charge on any atom is 0.390 e. The molecule has 0 aliphatic heterocycles. The van der Waals surface area contributed by atoms with E-state index in [1.807, 2.05) is 0 Å². The molecule has 0 heterocycles. The summed E-state index contributed by atoms with van der Waals surface area (Å²) in [5.41, 5.74) is 9.74. The normalized spacial score (nSPS) is 11.1. The van der Waals surface area contributed by atoms with Crippen LogP contribution in [0.1, 0.15) is 27.1 Å². The number of carbonyl (C=O) groups is 2. The van der Waals surface area contributed by atoms with Crippen LogP contribution in [0.3, 0.4) is 0 Å². The number of primary amides is 1. The summed E-state index contributed by atoms with van der Waals surface area (Å²) in [6.07, 6.45) is -5.32. The van der Waals surface area contributed by atoms with Gasteiger partial charge >= 0.3 is 6.18 Å². The number of hydrogen-bond donors (Lipinski definition) is 3. The Morgan fingerprint density at radius 2 is 1.63 bits per heavy atom. The van der Waals surface area contributed by atoms with Crippen molar-refractivity contribution in [1.29, 1.82) is 0 Å². The highest BCUT2D eigenvalue weighted by Crippen LogP contribution is 2.17. The Kier molecular flexibility index (Phi) is 4.87. The summed E-state index contributed by atoms with van der Waals surface area (Å²) in [7, 11) is 0. The second kappa shape index (κ2) is 6.19. The third kappa shape index (κ3) is 5.38.